The summed E-state index contributed by atoms with van der Waals surface area (Å²) in [6.07, 6.45) is 2.93. The summed E-state index contributed by atoms with van der Waals surface area (Å²) in [6.45, 7) is 4.11. The van der Waals surface area contributed by atoms with Crippen molar-refractivity contribution in [1.29, 1.82) is 0 Å². The van der Waals surface area contributed by atoms with Gasteiger partial charge in [-0.1, -0.05) is 18.7 Å². The molecule has 0 spiro atoms. The van der Waals surface area contributed by atoms with Gasteiger partial charge in [0.05, 0.1) is 5.69 Å². The molecule has 88 valence electrons. The van der Waals surface area contributed by atoms with Gasteiger partial charge in [-0.15, -0.1) is 0 Å². The smallest absolute Gasteiger partial charge is 0.156 e. The number of amidine groups is 1. The largest absolute Gasteiger partial charge is 0.365 e. The van der Waals surface area contributed by atoms with E-state index in [0.29, 0.717) is 5.92 Å². The van der Waals surface area contributed by atoms with Crippen molar-refractivity contribution in [1.82, 2.24) is 15.1 Å². The molecule has 0 saturated heterocycles. The second-order valence-electron chi connectivity index (χ2n) is 4.22. The van der Waals surface area contributed by atoms with Crippen LogP contribution in [-0.2, 0) is 13.5 Å². The molecule has 2 heterocycles. The number of hydrogen-bond acceptors (Lipinski definition) is 4. The van der Waals surface area contributed by atoms with E-state index in [-0.39, 0.29) is 0 Å². The van der Waals surface area contributed by atoms with Crippen LogP contribution in [0, 0.1) is 5.92 Å². The minimum Gasteiger partial charge on any atom is -0.365 e. The molecule has 0 amide bonds. The fraction of sp³-hybridized carbons (Fsp3) is 0.636. The van der Waals surface area contributed by atoms with Crippen LogP contribution in [0.25, 0.3) is 0 Å². The molecule has 5 heteroatoms. The van der Waals surface area contributed by atoms with Gasteiger partial charge in [0.2, 0.25) is 0 Å². The van der Waals surface area contributed by atoms with E-state index in [2.05, 4.69) is 28.4 Å². The van der Waals surface area contributed by atoms with Crippen molar-refractivity contribution < 1.29 is 0 Å². The summed E-state index contributed by atoms with van der Waals surface area (Å²) in [5.41, 5.74) is 1.13. The van der Waals surface area contributed by atoms with E-state index in [4.69, 9.17) is 0 Å². The molecule has 0 radical (unpaired) electrons. The van der Waals surface area contributed by atoms with Gasteiger partial charge in [-0.2, -0.15) is 5.10 Å². The lowest BCUT2D eigenvalue weighted by Gasteiger charge is -2.17. The monoisotopic (exact) mass is 238 g/mol. The third-order valence-electron chi connectivity index (χ3n) is 2.48. The molecule has 1 aromatic heterocycles. The van der Waals surface area contributed by atoms with Gasteiger partial charge in [-0.05, 0) is 12.0 Å². The molecule has 2 rings (SSSR count). The van der Waals surface area contributed by atoms with Crippen LogP contribution in [0.15, 0.2) is 17.3 Å². The molecule has 0 aliphatic carbocycles. The molecular formula is C11H18N4S. The lowest BCUT2D eigenvalue weighted by molar-refractivity contribution is 0.668. The van der Waals surface area contributed by atoms with Gasteiger partial charge in [-0.25, -0.2) is 0 Å². The van der Waals surface area contributed by atoms with Crippen molar-refractivity contribution in [2.24, 2.45) is 18.0 Å². The van der Waals surface area contributed by atoms with Crippen LogP contribution in [0.3, 0.4) is 0 Å². The third-order valence-corrected chi connectivity index (χ3v) is 3.76. The lowest BCUT2D eigenvalue weighted by atomic mass is 10.2. The first-order valence-corrected chi connectivity index (χ1v) is 6.62. The maximum absolute atomic E-state index is 4.49. The Labute approximate surface area is 101 Å². The third kappa shape index (κ3) is 3.27. The first-order valence-electron chi connectivity index (χ1n) is 5.63. The van der Waals surface area contributed by atoms with Crippen molar-refractivity contribution in [2.45, 2.75) is 13.3 Å². The van der Waals surface area contributed by atoms with E-state index < -0.39 is 0 Å². The predicted octanol–water partition coefficient (Wildman–Crippen LogP) is 1.29. The van der Waals surface area contributed by atoms with Crippen LogP contribution < -0.4 is 5.32 Å². The topological polar surface area (TPSA) is 42.2 Å². The Morgan fingerprint density at radius 3 is 3.12 bits per heavy atom. The zero-order valence-electron chi connectivity index (χ0n) is 9.81. The summed E-state index contributed by atoms with van der Waals surface area (Å²) in [7, 11) is 1.94. The molecule has 1 atom stereocenters. The molecule has 0 bridgehead atoms. The molecule has 0 aromatic carbocycles. The van der Waals surface area contributed by atoms with Crippen LogP contribution in [0.4, 0.5) is 0 Å². The number of aliphatic imine (C=N–C) groups is 1. The molecule has 16 heavy (non-hydrogen) atoms. The number of hydrogen-bond donors (Lipinski definition) is 1. The van der Waals surface area contributed by atoms with Gasteiger partial charge in [-0.3, -0.25) is 9.67 Å². The minimum atomic E-state index is 0.714. The van der Waals surface area contributed by atoms with Crippen LogP contribution in [0.5, 0.6) is 0 Å². The van der Waals surface area contributed by atoms with Crippen molar-refractivity contribution >= 4 is 16.9 Å². The zero-order valence-corrected chi connectivity index (χ0v) is 10.6. The molecule has 0 saturated carbocycles. The molecular weight excluding hydrogens is 220 g/mol. The second kappa shape index (κ2) is 5.39. The van der Waals surface area contributed by atoms with E-state index in [9.17, 15) is 0 Å². The Morgan fingerprint density at radius 2 is 2.50 bits per heavy atom. The van der Waals surface area contributed by atoms with E-state index in [0.717, 1.165) is 30.4 Å². The Balaban J connectivity index is 1.72. The van der Waals surface area contributed by atoms with E-state index in [1.54, 1.807) is 0 Å². The number of nitrogens with zero attached hydrogens (tertiary/aromatic N) is 3. The van der Waals surface area contributed by atoms with Gasteiger partial charge < -0.3 is 5.32 Å². The highest BCUT2D eigenvalue weighted by atomic mass is 32.2. The van der Waals surface area contributed by atoms with Crippen molar-refractivity contribution in [3.63, 3.8) is 0 Å². The highest BCUT2D eigenvalue weighted by Gasteiger charge is 2.11. The highest BCUT2D eigenvalue weighted by molar-refractivity contribution is 8.13. The number of aryl methyl sites for hydroxylation is 1. The van der Waals surface area contributed by atoms with Crippen molar-refractivity contribution in [3.05, 3.63) is 18.0 Å². The fourth-order valence-electron chi connectivity index (χ4n) is 1.56. The average Bonchev–Trinajstić information content (AvgIpc) is 2.67. The molecule has 1 N–H and O–H groups in total. The quantitative estimate of drug-likeness (QED) is 0.863. The fourth-order valence-corrected chi connectivity index (χ4v) is 2.48. The highest BCUT2D eigenvalue weighted by Crippen LogP contribution is 2.15. The number of thioether (sulfide) groups is 1. The van der Waals surface area contributed by atoms with E-state index >= 15 is 0 Å². The Kier molecular flexibility index (Phi) is 3.88. The van der Waals surface area contributed by atoms with Gasteiger partial charge >= 0.3 is 0 Å². The van der Waals surface area contributed by atoms with Crippen LogP contribution in [0.1, 0.15) is 12.6 Å². The van der Waals surface area contributed by atoms with Gasteiger partial charge in [0, 0.05) is 38.5 Å². The van der Waals surface area contributed by atoms with E-state index in [1.165, 1.54) is 5.75 Å². The summed E-state index contributed by atoms with van der Waals surface area (Å²) in [4.78, 5) is 4.49. The molecule has 0 fully saturated rings. The maximum Gasteiger partial charge on any atom is 0.156 e. The minimum absolute atomic E-state index is 0.714. The number of rotatable bonds is 3. The second-order valence-corrected chi connectivity index (χ2v) is 5.23. The van der Waals surface area contributed by atoms with Gasteiger partial charge in [0.1, 0.15) is 0 Å². The van der Waals surface area contributed by atoms with Gasteiger partial charge in [0.25, 0.3) is 0 Å². The SMILES string of the molecule is CC1CN=C(NCCc2ccn(C)n2)SC1. The van der Waals surface area contributed by atoms with Crippen LogP contribution >= 0.6 is 11.8 Å². The van der Waals surface area contributed by atoms with E-state index in [1.807, 2.05) is 29.7 Å². The Bertz CT molecular complexity index is 372. The lowest BCUT2D eigenvalue weighted by Crippen LogP contribution is -2.27. The van der Waals surface area contributed by atoms with Crippen molar-refractivity contribution in [3.8, 4) is 0 Å². The first kappa shape index (κ1) is 11.5. The normalized spacial score (nSPS) is 20.6. The first-order chi connectivity index (χ1) is 7.74. The summed E-state index contributed by atoms with van der Waals surface area (Å²) >= 11 is 1.82. The summed E-state index contributed by atoms with van der Waals surface area (Å²) < 4.78 is 1.84. The summed E-state index contributed by atoms with van der Waals surface area (Å²) in [6, 6.07) is 2.06. The van der Waals surface area contributed by atoms with Gasteiger partial charge in [0.15, 0.2) is 5.17 Å². The molecule has 1 aliphatic rings. The molecule has 1 aromatic rings. The van der Waals surface area contributed by atoms with Crippen LogP contribution in [0.2, 0.25) is 0 Å². The molecule has 4 nitrogen and oxygen atoms in total. The summed E-state index contributed by atoms with van der Waals surface area (Å²) in [5.74, 6) is 1.89. The number of nitrogens with one attached hydrogen (secondary N) is 1. The van der Waals surface area contributed by atoms with Crippen LogP contribution in [-0.4, -0.2) is 33.8 Å². The predicted molar refractivity (Wildman–Crippen MR) is 68.8 cm³/mol. The Hall–Kier alpha value is -0.970. The maximum atomic E-state index is 4.49. The zero-order chi connectivity index (χ0) is 11.4. The molecule has 1 aliphatic heterocycles. The Morgan fingerprint density at radius 1 is 1.62 bits per heavy atom. The van der Waals surface area contributed by atoms with Crippen molar-refractivity contribution in [2.75, 3.05) is 18.8 Å². The summed E-state index contributed by atoms with van der Waals surface area (Å²) in [5, 5.41) is 8.79. The standard InChI is InChI=1S/C11H18N4S/c1-9-7-13-11(16-8-9)12-5-3-10-4-6-15(2)14-10/h4,6,9H,3,5,7-8H2,1-2H3,(H,12,13). The average molecular weight is 238 g/mol. The number of aromatic nitrogens is 2. The molecule has 1 unspecified atom stereocenters.